The predicted molar refractivity (Wildman–Crippen MR) is 108 cm³/mol. The summed E-state index contributed by atoms with van der Waals surface area (Å²) in [6.07, 6.45) is 1.49. The number of hydrogen-bond acceptors (Lipinski definition) is 5. The number of benzene rings is 2. The number of H-pyrrole nitrogens is 1. The Labute approximate surface area is 163 Å². The van der Waals surface area contributed by atoms with Crippen molar-refractivity contribution in [3.63, 3.8) is 0 Å². The van der Waals surface area contributed by atoms with Gasteiger partial charge in [-0.3, -0.25) is 4.79 Å². The molecule has 1 saturated heterocycles. The average molecular weight is 374 g/mol. The van der Waals surface area contributed by atoms with Crippen LogP contribution in [0.3, 0.4) is 0 Å². The number of carbonyl (C=O) groups excluding carboxylic acids is 1. The van der Waals surface area contributed by atoms with E-state index in [1.54, 1.807) is 0 Å². The molecule has 1 fully saturated rings. The van der Waals surface area contributed by atoms with Gasteiger partial charge >= 0.3 is 5.97 Å². The van der Waals surface area contributed by atoms with E-state index >= 15 is 0 Å². The molecule has 6 heteroatoms. The van der Waals surface area contributed by atoms with E-state index < -0.39 is 0 Å². The molecular formula is C22H22N4O2. The Balaban J connectivity index is 1.55. The van der Waals surface area contributed by atoms with Crippen molar-refractivity contribution in [2.75, 3.05) is 24.6 Å². The van der Waals surface area contributed by atoms with Crippen LogP contribution in [0.15, 0.2) is 42.5 Å². The molecule has 6 nitrogen and oxygen atoms in total. The SMILES string of the molecule is CCOC(=O)C1CCN(c2ccc(-c3nc4ccccc4[nH]3)cc2C#N)CC1. The van der Waals surface area contributed by atoms with Gasteiger partial charge in [0.1, 0.15) is 11.9 Å². The first-order valence-electron chi connectivity index (χ1n) is 9.60. The fourth-order valence-corrected chi connectivity index (χ4v) is 3.75. The van der Waals surface area contributed by atoms with Crippen LogP contribution in [-0.2, 0) is 9.53 Å². The second-order valence-electron chi connectivity index (χ2n) is 6.96. The highest BCUT2D eigenvalue weighted by Crippen LogP contribution is 2.30. The van der Waals surface area contributed by atoms with E-state index in [1.807, 2.05) is 49.4 Å². The van der Waals surface area contributed by atoms with Crippen LogP contribution >= 0.6 is 0 Å². The fraction of sp³-hybridized carbons (Fsp3) is 0.318. The first-order valence-corrected chi connectivity index (χ1v) is 9.60. The molecule has 0 spiro atoms. The van der Waals surface area contributed by atoms with Crippen molar-refractivity contribution in [2.45, 2.75) is 19.8 Å². The number of para-hydroxylation sites is 2. The summed E-state index contributed by atoms with van der Waals surface area (Å²) in [5.74, 6) is 0.602. The van der Waals surface area contributed by atoms with Gasteiger partial charge in [0.2, 0.25) is 0 Å². The number of anilines is 1. The largest absolute Gasteiger partial charge is 0.466 e. The molecule has 0 saturated carbocycles. The number of ether oxygens (including phenoxy) is 1. The number of aromatic amines is 1. The van der Waals surface area contributed by atoms with Crippen LogP contribution in [0.1, 0.15) is 25.3 Å². The van der Waals surface area contributed by atoms with Gasteiger partial charge < -0.3 is 14.6 Å². The van der Waals surface area contributed by atoms with Crippen molar-refractivity contribution in [1.82, 2.24) is 9.97 Å². The van der Waals surface area contributed by atoms with Gasteiger partial charge in [0.05, 0.1) is 34.8 Å². The van der Waals surface area contributed by atoms with Crippen molar-refractivity contribution in [3.05, 3.63) is 48.0 Å². The molecule has 4 rings (SSSR count). The van der Waals surface area contributed by atoms with E-state index in [0.29, 0.717) is 12.2 Å². The van der Waals surface area contributed by atoms with Crippen LogP contribution < -0.4 is 4.90 Å². The van der Waals surface area contributed by atoms with Crippen LogP contribution in [0.2, 0.25) is 0 Å². The number of rotatable bonds is 4. The second-order valence-corrected chi connectivity index (χ2v) is 6.96. The molecule has 2 aromatic carbocycles. The lowest BCUT2D eigenvalue weighted by molar-refractivity contribution is -0.148. The maximum absolute atomic E-state index is 11.9. The number of nitrogens with one attached hydrogen (secondary N) is 1. The standard InChI is InChI=1S/C22H22N4O2/c1-2-28-22(27)15-9-11-26(12-10-15)20-8-7-16(13-17(20)14-23)21-24-18-5-3-4-6-19(18)25-21/h3-8,13,15H,2,9-12H2,1H3,(H,24,25). The Bertz CT molecular complexity index is 1010. The number of imidazole rings is 1. The smallest absolute Gasteiger partial charge is 0.309 e. The topological polar surface area (TPSA) is 82.0 Å². The number of carbonyl (C=O) groups is 1. The highest BCUT2D eigenvalue weighted by Gasteiger charge is 2.27. The van der Waals surface area contributed by atoms with Gasteiger partial charge in [0.15, 0.2) is 0 Å². The second kappa shape index (κ2) is 7.73. The Morgan fingerprint density at radius 1 is 1.29 bits per heavy atom. The normalized spacial score (nSPS) is 14.8. The summed E-state index contributed by atoms with van der Waals surface area (Å²) >= 11 is 0. The summed E-state index contributed by atoms with van der Waals surface area (Å²) in [5.41, 5.74) is 4.29. The van der Waals surface area contributed by atoms with Crippen LogP contribution in [0.4, 0.5) is 5.69 Å². The van der Waals surface area contributed by atoms with E-state index in [9.17, 15) is 10.1 Å². The first kappa shape index (κ1) is 18.1. The number of aromatic nitrogens is 2. The predicted octanol–water partition coefficient (Wildman–Crippen LogP) is 3.88. The number of nitrogens with zero attached hydrogens (tertiary/aromatic N) is 3. The molecule has 3 aromatic rings. The third kappa shape index (κ3) is 3.44. The number of esters is 1. The minimum Gasteiger partial charge on any atom is -0.466 e. The average Bonchev–Trinajstić information content (AvgIpc) is 3.18. The molecule has 1 aromatic heterocycles. The lowest BCUT2D eigenvalue weighted by atomic mass is 9.96. The van der Waals surface area contributed by atoms with Gasteiger partial charge in [-0.05, 0) is 50.1 Å². The molecule has 0 amide bonds. The molecule has 142 valence electrons. The Morgan fingerprint density at radius 2 is 2.07 bits per heavy atom. The van der Waals surface area contributed by atoms with E-state index in [4.69, 9.17) is 4.74 Å². The van der Waals surface area contributed by atoms with Gasteiger partial charge in [0.25, 0.3) is 0 Å². The molecule has 0 bridgehead atoms. The summed E-state index contributed by atoms with van der Waals surface area (Å²) in [6, 6.07) is 16.0. The van der Waals surface area contributed by atoms with E-state index in [1.165, 1.54) is 0 Å². The zero-order valence-electron chi connectivity index (χ0n) is 15.8. The third-order valence-corrected chi connectivity index (χ3v) is 5.24. The molecule has 0 radical (unpaired) electrons. The number of fused-ring (bicyclic) bond motifs is 1. The van der Waals surface area contributed by atoms with Crippen molar-refractivity contribution in [3.8, 4) is 17.5 Å². The fourth-order valence-electron chi connectivity index (χ4n) is 3.75. The molecule has 1 N–H and O–H groups in total. The van der Waals surface area contributed by atoms with Gasteiger partial charge in [-0.15, -0.1) is 0 Å². The van der Waals surface area contributed by atoms with Gasteiger partial charge in [-0.25, -0.2) is 4.98 Å². The van der Waals surface area contributed by atoms with Crippen LogP contribution in [0.5, 0.6) is 0 Å². The van der Waals surface area contributed by atoms with Gasteiger partial charge in [-0.1, -0.05) is 12.1 Å². The Hall–Kier alpha value is -3.33. The van der Waals surface area contributed by atoms with Crippen LogP contribution in [0.25, 0.3) is 22.4 Å². The van der Waals surface area contributed by atoms with E-state index in [-0.39, 0.29) is 11.9 Å². The minimum atomic E-state index is -0.108. The third-order valence-electron chi connectivity index (χ3n) is 5.24. The lowest BCUT2D eigenvalue weighted by Crippen LogP contribution is -2.37. The molecule has 28 heavy (non-hydrogen) atoms. The Morgan fingerprint density at radius 3 is 2.79 bits per heavy atom. The van der Waals surface area contributed by atoms with E-state index in [0.717, 1.165) is 54.0 Å². The maximum atomic E-state index is 11.9. The zero-order valence-corrected chi connectivity index (χ0v) is 15.8. The summed E-state index contributed by atoms with van der Waals surface area (Å²) in [5, 5.41) is 9.69. The zero-order chi connectivity index (χ0) is 19.5. The van der Waals surface area contributed by atoms with Gasteiger partial charge in [-0.2, -0.15) is 5.26 Å². The van der Waals surface area contributed by atoms with Crippen molar-refractivity contribution in [2.24, 2.45) is 5.92 Å². The molecular weight excluding hydrogens is 352 g/mol. The highest BCUT2D eigenvalue weighted by atomic mass is 16.5. The Kier molecular flexibility index (Phi) is 4.98. The van der Waals surface area contributed by atoms with Crippen molar-refractivity contribution in [1.29, 1.82) is 5.26 Å². The molecule has 1 aliphatic rings. The number of piperidine rings is 1. The van der Waals surface area contributed by atoms with Gasteiger partial charge in [0, 0.05) is 18.7 Å². The van der Waals surface area contributed by atoms with Crippen molar-refractivity contribution >= 4 is 22.7 Å². The summed E-state index contributed by atoms with van der Waals surface area (Å²) < 4.78 is 5.14. The number of nitriles is 1. The first-order chi connectivity index (χ1) is 13.7. The minimum absolute atomic E-state index is 0.0449. The number of hydrogen-bond donors (Lipinski definition) is 1. The monoisotopic (exact) mass is 374 g/mol. The van der Waals surface area contributed by atoms with Crippen molar-refractivity contribution < 1.29 is 9.53 Å². The molecule has 0 atom stereocenters. The molecule has 0 unspecified atom stereocenters. The van der Waals surface area contributed by atoms with E-state index in [2.05, 4.69) is 20.9 Å². The molecule has 1 aliphatic heterocycles. The summed E-state index contributed by atoms with van der Waals surface area (Å²) in [6.45, 7) is 3.72. The van der Waals surface area contributed by atoms with Crippen LogP contribution in [0, 0.1) is 17.2 Å². The highest BCUT2D eigenvalue weighted by molar-refractivity contribution is 5.80. The maximum Gasteiger partial charge on any atom is 0.309 e. The summed E-state index contributed by atoms with van der Waals surface area (Å²) in [7, 11) is 0. The molecule has 0 aliphatic carbocycles. The van der Waals surface area contributed by atoms with Crippen LogP contribution in [-0.4, -0.2) is 35.6 Å². The molecule has 2 heterocycles. The lowest BCUT2D eigenvalue weighted by Gasteiger charge is -2.33. The summed E-state index contributed by atoms with van der Waals surface area (Å²) in [4.78, 5) is 22.0. The quantitative estimate of drug-likeness (QED) is 0.701.